The summed E-state index contributed by atoms with van der Waals surface area (Å²) in [6.45, 7) is 1.26. The van der Waals surface area contributed by atoms with Crippen LogP contribution < -0.4 is 0 Å². The van der Waals surface area contributed by atoms with Crippen LogP contribution in [-0.2, 0) is 9.59 Å². The third-order valence-electron chi connectivity index (χ3n) is 6.93. The summed E-state index contributed by atoms with van der Waals surface area (Å²) in [7, 11) is 0. The van der Waals surface area contributed by atoms with Crippen LogP contribution in [0.5, 0.6) is 0 Å². The summed E-state index contributed by atoms with van der Waals surface area (Å²) in [5.41, 5.74) is -0.0679. The van der Waals surface area contributed by atoms with Gasteiger partial charge in [0, 0.05) is 48.4 Å². The number of benzene rings is 1. The molecule has 0 radical (unpaired) electrons. The van der Waals surface area contributed by atoms with Crippen LogP contribution in [0.1, 0.15) is 16.1 Å². The molecule has 1 saturated carbocycles. The van der Waals surface area contributed by atoms with Gasteiger partial charge in [-0.05, 0) is 24.3 Å². The lowest BCUT2D eigenvalue weighted by atomic mass is 9.82. The van der Waals surface area contributed by atoms with Crippen molar-refractivity contribution in [2.24, 2.45) is 23.7 Å². The van der Waals surface area contributed by atoms with Crippen molar-refractivity contribution >= 4 is 56.5 Å². The van der Waals surface area contributed by atoms with Gasteiger partial charge in [-0.3, -0.25) is 24.5 Å². The van der Waals surface area contributed by atoms with Crippen LogP contribution in [0, 0.1) is 33.8 Å². The first-order chi connectivity index (χ1) is 15.8. The number of aliphatic carboxylic acids is 1. The fourth-order valence-electron chi connectivity index (χ4n) is 5.28. The van der Waals surface area contributed by atoms with Crippen LogP contribution in [0.3, 0.4) is 0 Å². The number of carbonyl (C=O) groups excluding carboxylic acids is 2. The second-order valence-corrected chi connectivity index (χ2v) is 10.1. The minimum atomic E-state index is -0.932. The Hall–Kier alpha value is -2.98. The summed E-state index contributed by atoms with van der Waals surface area (Å²) in [4.78, 5) is 52.2. The fraction of sp³-hybridized carbons (Fsp3) is 0.409. The Morgan fingerprint density at radius 1 is 1.06 bits per heavy atom. The Kier molecular flexibility index (Phi) is 5.37. The van der Waals surface area contributed by atoms with Crippen LogP contribution >= 0.6 is 22.9 Å². The molecular weight excluding hydrogens is 470 g/mol. The molecule has 1 aromatic heterocycles. The molecule has 1 aliphatic heterocycles. The van der Waals surface area contributed by atoms with E-state index in [9.17, 15) is 29.6 Å². The van der Waals surface area contributed by atoms with E-state index in [1.807, 2.05) is 12.2 Å². The second-order valence-electron chi connectivity index (χ2n) is 8.64. The van der Waals surface area contributed by atoms with Gasteiger partial charge in [-0.15, -0.1) is 11.3 Å². The Balaban J connectivity index is 1.28. The molecule has 5 rings (SSSR count). The van der Waals surface area contributed by atoms with Crippen molar-refractivity contribution in [3.8, 4) is 0 Å². The maximum absolute atomic E-state index is 13.2. The minimum absolute atomic E-state index is 0.0373. The molecule has 1 saturated heterocycles. The van der Waals surface area contributed by atoms with E-state index in [4.69, 9.17) is 11.6 Å². The number of nitrogens with zero attached hydrogens (tertiary/aromatic N) is 3. The summed E-state index contributed by atoms with van der Waals surface area (Å²) < 4.78 is 0.565. The maximum atomic E-state index is 13.2. The third-order valence-corrected chi connectivity index (χ3v) is 8.57. The normalized spacial score (nSPS) is 26.2. The van der Waals surface area contributed by atoms with E-state index >= 15 is 0 Å². The number of nitro benzene ring substituents is 1. The number of carbonyl (C=O) groups is 3. The third kappa shape index (κ3) is 3.57. The number of fused-ring (bicyclic) bond motifs is 3. The standard InChI is InChI=1S/C22H20ClN3O6S/c23-18-14-4-3-13(26(31)32)10-15(14)33-19(18)21(28)25-7-5-24(6-8-25)20(27)16-11-1-2-12(9-11)17(16)22(29)30/h1-4,10-12,16-17H,5-9H2,(H,29,30). The highest BCUT2D eigenvalue weighted by Crippen LogP contribution is 2.49. The van der Waals surface area contributed by atoms with Gasteiger partial charge in [-0.25, -0.2) is 0 Å². The van der Waals surface area contributed by atoms with Crippen LogP contribution in [-0.4, -0.2) is 63.8 Å². The minimum Gasteiger partial charge on any atom is -0.481 e. The van der Waals surface area contributed by atoms with Crippen molar-refractivity contribution < 1.29 is 24.4 Å². The van der Waals surface area contributed by atoms with Gasteiger partial charge in [0.1, 0.15) is 4.88 Å². The van der Waals surface area contributed by atoms with Crippen molar-refractivity contribution in [1.82, 2.24) is 9.80 Å². The summed E-state index contributed by atoms with van der Waals surface area (Å²) in [5, 5.41) is 21.5. The Labute approximate surface area is 197 Å². The number of rotatable bonds is 4. The number of nitro groups is 1. The number of amides is 2. The first-order valence-corrected chi connectivity index (χ1v) is 11.8. The Morgan fingerprint density at radius 3 is 2.33 bits per heavy atom. The van der Waals surface area contributed by atoms with Gasteiger partial charge < -0.3 is 14.9 Å². The quantitative estimate of drug-likeness (QED) is 0.399. The van der Waals surface area contributed by atoms with Gasteiger partial charge in [-0.2, -0.15) is 0 Å². The molecule has 2 aromatic rings. The van der Waals surface area contributed by atoms with Crippen LogP contribution in [0.4, 0.5) is 5.69 Å². The molecule has 2 bridgehead atoms. The van der Waals surface area contributed by atoms with Gasteiger partial charge in [0.15, 0.2) is 0 Å². The lowest BCUT2D eigenvalue weighted by molar-refractivity contribution is -0.384. The number of carboxylic acids is 1. The molecule has 2 amide bonds. The molecule has 2 fully saturated rings. The van der Waals surface area contributed by atoms with Crippen molar-refractivity contribution in [2.45, 2.75) is 6.42 Å². The molecule has 0 spiro atoms. The van der Waals surface area contributed by atoms with E-state index in [0.717, 1.165) is 11.3 Å². The van der Waals surface area contributed by atoms with Gasteiger partial charge in [0.25, 0.3) is 11.6 Å². The van der Waals surface area contributed by atoms with E-state index in [0.29, 0.717) is 47.6 Å². The molecule has 3 aliphatic rings. The molecule has 9 nitrogen and oxygen atoms in total. The van der Waals surface area contributed by atoms with E-state index in [2.05, 4.69) is 0 Å². The Bertz CT molecular complexity index is 1220. The average Bonchev–Trinajstić information content (AvgIpc) is 3.51. The molecule has 4 unspecified atom stereocenters. The first-order valence-electron chi connectivity index (χ1n) is 10.6. The number of allylic oxidation sites excluding steroid dienone is 2. The molecule has 2 heterocycles. The van der Waals surface area contributed by atoms with Gasteiger partial charge in [0.2, 0.25) is 5.91 Å². The second kappa shape index (κ2) is 8.11. The number of carboxylic acid groups (broad SMARTS) is 1. The summed E-state index contributed by atoms with van der Waals surface area (Å²) >= 11 is 7.53. The number of piperazine rings is 1. The lowest BCUT2D eigenvalue weighted by Crippen LogP contribution is -2.53. The van der Waals surface area contributed by atoms with E-state index in [1.54, 1.807) is 15.9 Å². The summed E-state index contributed by atoms with van der Waals surface area (Å²) in [6, 6.07) is 4.30. The van der Waals surface area contributed by atoms with Gasteiger partial charge in [0.05, 0.1) is 21.8 Å². The number of non-ortho nitro benzene ring substituents is 1. The van der Waals surface area contributed by atoms with Gasteiger partial charge in [-0.1, -0.05) is 23.8 Å². The number of thiophene rings is 1. The largest absolute Gasteiger partial charge is 0.481 e. The monoisotopic (exact) mass is 489 g/mol. The van der Waals surface area contributed by atoms with Crippen molar-refractivity contribution in [3.05, 3.63) is 50.4 Å². The molecule has 1 N–H and O–H groups in total. The van der Waals surface area contributed by atoms with Crippen molar-refractivity contribution in [2.75, 3.05) is 26.2 Å². The highest BCUT2D eigenvalue weighted by Gasteiger charge is 2.52. The average molecular weight is 490 g/mol. The maximum Gasteiger partial charge on any atom is 0.307 e. The molecule has 33 heavy (non-hydrogen) atoms. The predicted octanol–water partition coefficient (Wildman–Crippen LogP) is 3.27. The topological polar surface area (TPSA) is 121 Å². The van der Waals surface area contributed by atoms with E-state index in [1.165, 1.54) is 12.1 Å². The van der Waals surface area contributed by atoms with Crippen molar-refractivity contribution in [1.29, 1.82) is 0 Å². The first kappa shape index (κ1) is 21.8. The summed E-state index contributed by atoms with van der Waals surface area (Å²) in [6.07, 6.45) is 4.57. The van der Waals surface area contributed by atoms with Crippen LogP contribution in [0.25, 0.3) is 10.1 Å². The zero-order valence-electron chi connectivity index (χ0n) is 17.3. The zero-order chi connectivity index (χ0) is 23.4. The van der Waals surface area contributed by atoms with Crippen LogP contribution in [0.2, 0.25) is 5.02 Å². The molecule has 11 heteroatoms. The predicted molar refractivity (Wildman–Crippen MR) is 121 cm³/mol. The SMILES string of the molecule is O=C(O)C1C2C=CC(C2)C1C(=O)N1CCN(C(=O)c2sc3cc([N+](=O)[O-])ccc3c2Cl)CC1. The number of hydrogen-bond acceptors (Lipinski definition) is 6. The van der Waals surface area contributed by atoms with E-state index < -0.39 is 22.7 Å². The smallest absolute Gasteiger partial charge is 0.307 e. The zero-order valence-corrected chi connectivity index (χ0v) is 18.9. The number of halogens is 1. The van der Waals surface area contributed by atoms with Crippen LogP contribution in [0.15, 0.2) is 30.4 Å². The Morgan fingerprint density at radius 2 is 1.70 bits per heavy atom. The fourth-order valence-corrected chi connectivity index (χ4v) is 6.80. The highest BCUT2D eigenvalue weighted by atomic mass is 35.5. The summed E-state index contributed by atoms with van der Waals surface area (Å²) in [5.74, 6) is -2.72. The molecular formula is C22H20ClN3O6S. The highest BCUT2D eigenvalue weighted by molar-refractivity contribution is 7.21. The van der Waals surface area contributed by atoms with Gasteiger partial charge >= 0.3 is 5.97 Å². The molecule has 172 valence electrons. The van der Waals surface area contributed by atoms with E-state index in [-0.39, 0.29) is 34.4 Å². The number of hydrogen-bond donors (Lipinski definition) is 1. The lowest BCUT2D eigenvalue weighted by Gasteiger charge is -2.37. The molecule has 2 aliphatic carbocycles. The van der Waals surface area contributed by atoms with Crippen molar-refractivity contribution in [3.63, 3.8) is 0 Å². The molecule has 1 aromatic carbocycles. The molecule has 4 atom stereocenters.